The van der Waals surface area contributed by atoms with E-state index < -0.39 is 0 Å². The number of carbonyl (C=O) groups is 2. The first-order chi connectivity index (χ1) is 8.63. The predicted octanol–water partition coefficient (Wildman–Crippen LogP) is 0.228. The van der Waals surface area contributed by atoms with Gasteiger partial charge in [-0.25, -0.2) is 0 Å². The second-order valence-electron chi connectivity index (χ2n) is 5.31. The van der Waals surface area contributed by atoms with E-state index in [-0.39, 0.29) is 30.4 Å². The molecule has 0 aromatic rings. The van der Waals surface area contributed by atoms with E-state index in [1.54, 1.807) is 11.8 Å². The number of hydrogen-bond donors (Lipinski definition) is 1. The van der Waals surface area contributed by atoms with Crippen molar-refractivity contribution in [3.63, 3.8) is 0 Å². The molecule has 1 N–H and O–H groups in total. The van der Waals surface area contributed by atoms with Crippen molar-refractivity contribution in [1.82, 2.24) is 9.80 Å². The van der Waals surface area contributed by atoms with Gasteiger partial charge in [0.25, 0.3) is 0 Å². The lowest BCUT2D eigenvalue weighted by molar-refractivity contribution is -0.141. The van der Waals surface area contributed by atoms with E-state index in [4.69, 9.17) is 0 Å². The number of piperidine rings is 1. The Balaban J connectivity index is 1.98. The quantitative estimate of drug-likeness (QED) is 0.767. The van der Waals surface area contributed by atoms with Gasteiger partial charge >= 0.3 is 0 Å². The van der Waals surface area contributed by atoms with Crippen molar-refractivity contribution in [3.05, 3.63) is 0 Å². The van der Waals surface area contributed by atoms with Crippen molar-refractivity contribution in [1.29, 1.82) is 0 Å². The highest BCUT2D eigenvalue weighted by Crippen LogP contribution is 2.24. The van der Waals surface area contributed by atoms with E-state index >= 15 is 0 Å². The Morgan fingerprint density at radius 2 is 1.94 bits per heavy atom. The van der Waals surface area contributed by atoms with E-state index in [0.29, 0.717) is 6.54 Å². The molecule has 0 saturated carbocycles. The number of carbonyl (C=O) groups excluding carboxylic acids is 2. The first-order valence-corrected chi connectivity index (χ1v) is 6.80. The lowest BCUT2D eigenvalue weighted by Crippen LogP contribution is -2.48. The van der Waals surface area contributed by atoms with Gasteiger partial charge in [-0.1, -0.05) is 0 Å². The van der Waals surface area contributed by atoms with Gasteiger partial charge in [-0.15, -0.1) is 0 Å². The maximum Gasteiger partial charge on any atom is 0.227 e. The molecular formula is C13H22N2O3. The van der Waals surface area contributed by atoms with E-state index in [1.165, 1.54) is 0 Å². The first kappa shape index (κ1) is 13.3. The fourth-order valence-corrected chi connectivity index (χ4v) is 3.01. The Morgan fingerprint density at radius 1 is 1.22 bits per heavy atom. The van der Waals surface area contributed by atoms with Crippen LogP contribution < -0.4 is 0 Å². The number of aliphatic hydroxyl groups excluding tert-OH is 1. The summed E-state index contributed by atoms with van der Waals surface area (Å²) in [6.45, 7) is 3.67. The van der Waals surface area contributed by atoms with Crippen LogP contribution in [0.5, 0.6) is 0 Å². The average Bonchev–Trinajstić information content (AvgIpc) is 2.86. The largest absolute Gasteiger partial charge is 0.394 e. The molecule has 2 atom stereocenters. The third kappa shape index (κ3) is 2.66. The fraction of sp³-hybridized carbons (Fsp3) is 0.846. The Morgan fingerprint density at radius 3 is 2.61 bits per heavy atom. The number of hydrogen-bond acceptors (Lipinski definition) is 3. The molecule has 0 radical (unpaired) electrons. The van der Waals surface area contributed by atoms with Crippen LogP contribution in [0.4, 0.5) is 0 Å². The summed E-state index contributed by atoms with van der Waals surface area (Å²) in [6, 6.07) is -0.00907. The highest BCUT2D eigenvalue weighted by molar-refractivity contribution is 5.81. The molecule has 0 spiro atoms. The van der Waals surface area contributed by atoms with Crippen LogP contribution in [0, 0.1) is 5.92 Å². The molecule has 2 saturated heterocycles. The van der Waals surface area contributed by atoms with Crippen molar-refractivity contribution in [2.45, 2.75) is 38.6 Å². The van der Waals surface area contributed by atoms with E-state index in [0.717, 1.165) is 38.8 Å². The van der Waals surface area contributed by atoms with E-state index in [9.17, 15) is 14.7 Å². The molecular weight excluding hydrogens is 232 g/mol. The van der Waals surface area contributed by atoms with Crippen LogP contribution in [0.2, 0.25) is 0 Å². The zero-order chi connectivity index (χ0) is 13.1. The summed E-state index contributed by atoms with van der Waals surface area (Å²) in [6.07, 6.45) is 3.62. The third-order valence-corrected chi connectivity index (χ3v) is 4.09. The van der Waals surface area contributed by atoms with Gasteiger partial charge in [-0.2, -0.15) is 0 Å². The summed E-state index contributed by atoms with van der Waals surface area (Å²) in [5.74, 6) is 0.0972. The molecule has 0 aliphatic carbocycles. The maximum absolute atomic E-state index is 12.4. The molecule has 102 valence electrons. The van der Waals surface area contributed by atoms with Crippen LogP contribution in [0.15, 0.2) is 0 Å². The minimum atomic E-state index is -0.0743. The molecule has 2 fully saturated rings. The van der Waals surface area contributed by atoms with Gasteiger partial charge in [0.1, 0.15) is 0 Å². The topological polar surface area (TPSA) is 60.9 Å². The summed E-state index contributed by atoms with van der Waals surface area (Å²) < 4.78 is 0. The van der Waals surface area contributed by atoms with Gasteiger partial charge in [0.15, 0.2) is 0 Å². The fourth-order valence-electron chi connectivity index (χ4n) is 3.01. The predicted molar refractivity (Wildman–Crippen MR) is 66.8 cm³/mol. The van der Waals surface area contributed by atoms with Gasteiger partial charge in [0, 0.05) is 26.6 Å². The summed E-state index contributed by atoms with van der Waals surface area (Å²) in [5, 5.41) is 9.27. The van der Waals surface area contributed by atoms with Crippen LogP contribution in [-0.2, 0) is 9.59 Å². The molecule has 1 unspecified atom stereocenters. The molecule has 0 aromatic heterocycles. The maximum atomic E-state index is 12.4. The van der Waals surface area contributed by atoms with Crippen LogP contribution in [0.3, 0.4) is 0 Å². The van der Waals surface area contributed by atoms with Crippen LogP contribution in [0.25, 0.3) is 0 Å². The van der Waals surface area contributed by atoms with Crippen molar-refractivity contribution in [2.24, 2.45) is 5.92 Å². The molecule has 5 heteroatoms. The second kappa shape index (κ2) is 5.69. The number of nitrogens with zero attached hydrogens (tertiary/aromatic N) is 2. The summed E-state index contributed by atoms with van der Waals surface area (Å²) in [5.41, 5.74) is 0. The van der Waals surface area contributed by atoms with Crippen molar-refractivity contribution < 1.29 is 14.7 Å². The normalized spacial score (nSPS) is 28.6. The van der Waals surface area contributed by atoms with Crippen LogP contribution in [-0.4, -0.2) is 59.0 Å². The van der Waals surface area contributed by atoms with Gasteiger partial charge in [0.05, 0.1) is 18.6 Å². The number of aliphatic hydroxyl groups is 1. The smallest absolute Gasteiger partial charge is 0.227 e. The molecule has 0 bridgehead atoms. The minimum Gasteiger partial charge on any atom is -0.394 e. The van der Waals surface area contributed by atoms with Gasteiger partial charge in [0.2, 0.25) is 11.8 Å². The van der Waals surface area contributed by atoms with Gasteiger partial charge < -0.3 is 14.9 Å². The second-order valence-corrected chi connectivity index (χ2v) is 5.31. The Labute approximate surface area is 108 Å². The Hall–Kier alpha value is -1.10. The minimum absolute atomic E-state index is 0.00907. The molecule has 2 heterocycles. The molecule has 2 aliphatic rings. The van der Waals surface area contributed by atoms with Gasteiger partial charge in [-0.3, -0.25) is 9.59 Å². The first-order valence-electron chi connectivity index (χ1n) is 6.80. The lowest BCUT2D eigenvalue weighted by Gasteiger charge is -2.34. The van der Waals surface area contributed by atoms with E-state index in [2.05, 4.69) is 0 Å². The number of rotatable bonds is 2. The SMILES string of the molecule is CC(=O)N1CCCC(C(=O)N2CCC[C@H]2CO)C1. The summed E-state index contributed by atoms with van der Waals surface area (Å²) in [4.78, 5) is 27.4. The molecule has 2 rings (SSSR count). The average molecular weight is 254 g/mol. The zero-order valence-corrected chi connectivity index (χ0v) is 11.0. The van der Waals surface area contributed by atoms with Crippen molar-refractivity contribution >= 4 is 11.8 Å². The monoisotopic (exact) mass is 254 g/mol. The lowest BCUT2D eigenvalue weighted by atomic mass is 9.96. The Bertz CT molecular complexity index is 332. The number of amides is 2. The van der Waals surface area contributed by atoms with Crippen LogP contribution >= 0.6 is 0 Å². The summed E-state index contributed by atoms with van der Waals surface area (Å²) in [7, 11) is 0. The molecule has 18 heavy (non-hydrogen) atoms. The van der Waals surface area contributed by atoms with Gasteiger partial charge in [-0.05, 0) is 25.7 Å². The third-order valence-electron chi connectivity index (χ3n) is 4.09. The van der Waals surface area contributed by atoms with Crippen LogP contribution in [0.1, 0.15) is 32.6 Å². The molecule has 5 nitrogen and oxygen atoms in total. The van der Waals surface area contributed by atoms with Crippen molar-refractivity contribution in [2.75, 3.05) is 26.2 Å². The molecule has 2 aliphatic heterocycles. The van der Waals surface area contributed by atoms with Crippen molar-refractivity contribution in [3.8, 4) is 0 Å². The Kier molecular flexibility index (Phi) is 4.22. The zero-order valence-electron chi connectivity index (χ0n) is 11.0. The number of likely N-dealkylation sites (tertiary alicyclic amines) is 2. The highest BCUT2D eigenvalue weighted by Gasteiger charge is 2.35. The summed E-state index contributed by atoms with van der Waals surface area (Å²) >= 11 is 0. The van der Waals surface area contributed by atoms with E-state index in [1.807, 2.05) is 4.90 Å². The highest BCUT2D eigenvalue weighted by atomic mass is 16.3. The standard InChI is InChI=1S/C13H22N2O3/c1-10(17)14-6-2-4-11(8-14)13(18)15-7-3-5-12(15)9-16/h11-12,16H,2-9H2,1H3/t11?,12-/m0/s1. The molecule has 2 amide bonds. The molecule has 0 aromatic carbocycles.